The van der Waals surface area contributed by atoms with Gasteiger partial charge in [-0.15, -0.1) is 0 Å². The van der Waals surface area contributed by atoms with Gasteiger partial charge in [-0.05, 0) is 35.6 Å². The summed E-state index contributed by atoms with van der Waals surface area (Å²) < 4.78 is 27.3. The molecule has 1 aromatic carbocycles. The maximum atomic E-state index is 13.1. The zero-order valence-corrected chi connectivity index (χ0v) is 16.6. The number of sulfonamides is 1. The first-order chi connectivity index (χ1) is 12.1. The second-order valence-electron chi connectivity index (χ2n) is 6.93. The maximum absolute atomic E-state index is 13.1. The highest BCUT2D eigenvalue weighted by Gasteiger charge is 2.49. The van der Waals surface area contributed by atoms with Gasteiger partial charge in [0.15, 0.2) is 0 Å². The Morgan fingerprint density at radius 1 is 1.27 bits per heavy atom. The zero-order chi connectivity index (χ0) is 19.7. The van der Waals surface area contributed by atoms with Crippen LogP contribution in [-0.4, -0.2) is 55.1 Å². The molecular weight excluding hydrogens is 356 g/mol. The van der Waals surface area contributed by atoms with Gasteiger partial charge >= 0.3 is 0 Å². The average molecular weight is 384 g/mol. The number of rotatable bonds is 8. The largest absolute Gasteiger partial charge is 0.395 e. The number of carbonyl (C=O) groups is 1. The number of amides is 1. The first-order valence-electron chi connectivity index (χ1n) is 8.82. The van der Waals surface area contributed by atoms with Crippen molar-refractivity contribution in [1.82, 2.24) is 4.31 Å². The van der Waals surface area contributed by atoms with E-state index in [1.54, 1.807) is 6.07 Å². The van der Waals surface area contributed by atoms with Crippen molar-refractivity contribution in [2.24, 2.45) is 0 Å². The summed E-state index contributed by atoms with van der Waals surface area (Å²) in [6.45, 7) is 6.72. The lowest BCUT2D eigenvalue weighted by Crippen LogP contribution is -2.43. The Kier molecular flexibility index (Phi) is 6.12. The van der Waals surface area contributed by atoms with Crippen molar-refractivity contribution >= 4 is 21.6 Å². The van der Waals surface area contributed by atoms with Gasteiger partial charge in [0.25, 0.3) is 0 Å². The first-order valence-corrected chi connectivity index (χ1v) is 10.3. The number of carbonyl (C=O) groups excluding carboxylic acids is 1. The van der Waals surface area contributed by atoms with Crippen molar-refractivity contribution in [2.75, 3.05) is 31.6 Å². The number of hydrogen-bond acceptors (Lipinski definition) is 5. The number of benzene rings is 1. The van der Waals surface area contributed by atoms with Crippen LogP contribution < -0.4 is 5.32 Å². The SMILES string of the molecule is CCC1(C)c2c(NC(C)=O)ccc(S(=O)(=O)N(CCO)CCO)c2C1C. The van der Waals surface area contributed by atoms with E-state index in [0.717, 1.165) is 16.3 Å². The predicted octanol–water partition coefficient (Wildman–Crippen LogP) is 1.41. The molecule has 1 aromatic rings. The standard InChI is InChI=1S/C18H28N2O5S/c1-5-18(4)12(2)16-15(7-6-14(17(16)18)19-13(3)23)26(24,25)20(8-10-21)9-11-22/h6-7,12,21-22H,5,8-11H2,1-4H3,(H,19,23). The molecule has 0 heterocycles. The normalized spacial score (nSPS) is 22.0. The molecule has 0 aromatic heterocycles. The van der Waals surface area contributed by atoms with Gasteiger partial charge in [0, 0.05) is 31.1 Å². The third-order valence-corrected chi connectivity index (χ3v) is 7.48. The molecule has 2 unspecified atom stereocenters. The van der Waals surface area contributed by atoms with Crippen LogP contribution in [0.4, 0.5) is 5.69 Å². The number of hydrogen-bond donors (Lipinski definition) is 3. The van der Waals surface area contributed by atoms with Crippen LogP contribution in [0, 0.1) is 0 Å². The second kappa shape index (κ2) is 7.64. The summed E-state index contributed by atoms with van der Waals surface area (Å²) in [6, 6.07) is 3.13. The average Bonchev–Trinajstić information content (AvgIpc) is 2.59. The zero-order valence-electron chi connectivity index (χ0n) is 15.7. The summed E-state index contributed by atoms with van der Waals surface area (Å²) in [5, 5.41) is 21.2. The number of anilines is 1. The Hall–Kier alpha value is -1.48. The fraction of sp³-hybridized carbons (Fsp3) is 0.611. The van der Waals surface area contributed by atoms with Crippen LogP contribution in [0.3, 0.4) is 0 Å². The Morgan fingerprint density at radius 2 is 1.85 bits per heavy atom. The van der Waals surface area contributed by atoms with E-state index in [1.807, 2.05) is 13.8 Å². The van der Waals surface area contributed by atoms with Crippen LogP contribution in [0.25, 0.3) is 0 Å². The van der Waals surface area contributed by atoms with E-state index in [-0.39, 0.29) is 48.4 Å². The predicted molar refractivity (Wildman–Crippen MR) is 99.7 cm³/mol. The molecule has 0 aliphatic heterocycles. The molecule has 26 heavy (non-hydrogen) atoms. The van der Waals surface area contributed by atoms with Crippen molar-refractivity contribution in [3.8, 4) is 0 Å². The Bertz CT molecular complexity index is 787. The molecule has 1 aliphatic rings. The molecule has 1 aliphatic carbocycles. The summed E-state index contributed by atoms with van der Waals surface area (Å²) in [5.74, 6) is -0.200. The van der Waals surface area contributed by atoms with E-state index in [4.69, 9.17) is 0 Å². The lowest BCUT2D eigenvalue weighted by atomic mass is 9.56. The fourth-order valence-electron chi connectivity index (χ4n) is 3.82. The van der Waals surface area contributed by atoms with Gasteiger partial charge < -0.3 is 15.5 Å². The minimum Gasteiger partial charge on any atom is -0.395 e. The Labute approximate surface area is 155 Å². The minimum atomic E-state index is -3.86. The molecule has 0 radical (unpaired) electrons. The molecule has 3 N–H and O–H groups in total. The van der Waals surface area contributed by atoms with Crippen molar-refractivity contribution in [3.63, 3.8) is 0 Å². The van der Waals surface area contributed by atoms with Gasteiger partial charge in [-0.3, -0.25) is 4.79 Å². The number of aliphatic hydroxyl groups is 2. The van der Waals surface area contributed by atoms with Gasteiger partial charge in [0.2, 0.25) is 15.9 Å². The molecule has 1 amide bonds. The van der Waals surface area contributed by atoms with Crippen molar-refractivity contribution in [3.05, 3.63) is 23.3 Å². The highest BCUT2D eigenvalue weighted by Crippen LogP contribution is 2.58. The van der Waals surface area contributed by atoms with Gasteiger partial charge in [-0.25, -0.2) is 8.42 Å². The van der Waals surface area contributed by atoms with Crippen molar-refractivity contribution in [1.29, 1.82) is 0 Å². The quantitative estimate of drug-likeness (QED) is 0.628. The van der Waals surface area contributed by atoms with E-state index >= 15 is 0 Å². The third kappa shape index (κ3) is 3.26. The van der Waals surface area contributed by atoms with E-state index in [0.29, 0.717) is 11.3 Å². The van der Waals surface area contributed by atoms with E-state index in [2.05, 4.69) is 12.2 Å². The van der Waals surface area contributed by atoms with Gasteiger partial charge in [-0.2, -0.15) is 4.31 Å². The Balaban J connectivity index is 2.64. The van der Waals surface area contributed by atoms with Crippen molar-refractivity contribution in [2.45, 2.75) is 50.3 Å². The van der Waals surface area contributed by atoms with Gasteiger partial charge in [-0.1, -0.05) is 20.8 Å². The fourth-order valence-corrected chi connectivity index (χ4v) is 5.54. The molecule has 2 rings (SSSR count). The van der Waals surface area contributed by atoms with Crippen LogP contribution in [0.2, 0.25) is 0 Å². The molecule has 0 fully saturated rings. The molecule has 0 spiro atoms. The molecule has 0 saturated heterocycles. The molecule has 2 atom stereocenters. The maximum Gasteiger partial charge on any atom is 0.243 e. The second-order valence-corrected chi connectivity index (χ2v) is 8.83. The van der Waals surface area contributed by atoms with E-state index in [1.165, 1.54) is 13.0 Å². The van der Waals surface area contributed by atoms with Crippen LogP contribution in [-0.2, 0) is 20.2 Å². The van der Waals surface area contributed by atoms with E-state index in [9.17, 15) is 23.4 Å². The smallest absolute Gasteiger partial charge is 0.243 e. The van der Waals surface area contributed by atoms with Crippen LogP contribution in [0.5, 0.6) is 0 Å². The summed E-state index contributed by atoms with van der Waals surface area (Å²) >= 11 is 0. The third-order valence-electron chi connectivity index (χ3n) is 5.53. The highest BCUT2D eigenvalue weighted by atomic mass is 32.2. The first kappa shape index (κ1) is 20.8. The summed E-state index contributed by atoms with van der Waals surface area (Å²) in [7, 11) is -3.86. The number of nitrogens with one attached hydrogen (secondary N) is 1. The monoisotopic (exact) mass is 384 g/mol. The molecule has 8 heteroatoms. The molecular formula is C18H28N2O5S. The summed E-state index contributed by atoms with van der Waals surface area (Å²) in [6.07, 6.45) is 0.814. The molecule has 7 nitrogen and oxygen atoms in total. The summed E-state index contributed by atoms with van der Waals surface area (Å²) in [5.41, 5.74) is 1.99. The number of aliphatic hydroxyl groups excluding tert-OH is 2. The molecule has 146 valence electrons. The van der Waals surface area contributed by atoms with Crippen LogP contribution in [0.15, 0.2) is 17.0 Å². The van der Waals surface area contributed by atoms with Gasteiger partial charge in [0.05, 0.1) is 18.1 Å². The highest BCUT2D eigenvalue weighted by molar-refractivity contribution is 7.89. The number of nitrogens with zero attached hydrogens (tertiary/aromatic N) is 1. The topological polar surface area (TPSA) is 107 Å². The number of fused-ring (bicyclic) bond motifs is 1. The Morgan fingerprint density at radius 3 is 2.31 bits per heavy atom. The van der Waals surface area contributed by atoms with Crippen LogP contribution >= 0.6 is 0 Å². The lowest BCUT2D eigenvalue weighted by Gasteiger charge is -2.49. The van der Waals surface area contributed by atoms with Crippen molar-refractivity contribution < 1.29 is 23.4 Å². The summed E-state index contributed by atoms with van der Waals surface area (Å²) in [4.78, 5) is 11.7. The molecule has 0 saturated carbocycles. The minimum absolute atomic E-state index is 0.00564. The molecule has 0 bridgehead atoms. The van der Waals surface area contributed by atoms with Gasteiger partial charge in [0.1, 0.15) is 0 Å². The van der Waals surface area contributed by atoms with Crippen LogP contribution in [0.1, 0.15) is 51.2 Å². The lowest BCUT2D eigenvalue weighted by molar-refractivity contribution is -0.114. The van der Waals surface area contributed by atoms with E-state index < -0.39 is 10.0 Å².